The monoisotopic (exact) mass is 157 g/mol. The van der Waals surface area contributed by atoms with Crippen molar-refractivity contribution in [2.45, 2.75) is 0 Å². The summed E-state index contributed by atoms with van der Waals surface area (Å²) >= 11 is 0. The van der Waals surface area contributed by atoms with Gasteiger partial charge in [0.2, 0.25) is 0 Å². The molecule has 0 aliphatic heterocycles. The van der Waals surface area contributed by atoms with Crippen molar-refractivity contribution in [1.82, 2.24) is 9.97 Å². The molecule has 0 saturated carbocycles. The fraction of sp³-hybridized carbons (Fsp3) is 0.125. The van der Waals surface area contributed by atoms with Gasteiger partial charge in [-0.3, -0.25) is 0 Å². The van der Waals surface area contributed by atoms with E-state index in [2.05, 4.69) is 15.3 Å². The molecule has 2 rings (SSSR count). The predicted octanol–water partition coefficient (Wildman–Crippen LogP) is 0.398. The molecule has 2 aromatic rings. The van der Waals surface area contributed by atoms with Crippen LogP contribution in [0.1, 0.15) is 0 Å². The van der Waals surface area contributed by atoms with Crippen LogP contribution in [0, 0.1) is 0 Å². The van der Waals surface area contributed by atoms with Crippen LogP contribution >= 0.6 is 0 Å². The van der Waals surface area contributed by atoms with E-state index in [4.69, 9.17) is 7.85 Å². The Labute approximate surface area is 71.6 Å². The van der Waals surface area contributed by atoms with Gasteiger partial charge in [0.15, 0.2) is 0 Å². The number of nitrogens with zero attached hydrogens (tertiary/aromatic N) is 1. The van der Waals surface area contributed by atoms with Crippen LogP contribution in [0.3, 0.4) is 0 Å². The Bertz CT molecular complexity index is 408. The summed E-state index contributed by atoms with van der Waals surface area (Å²) in [6.07, 6.45) is 3.51. The van der Waals surface area contributed by atoms with Crippen molar-refractivity contribution in [3.05, 3.63) is 18.5 Å². The lowest BCUT2D eigenvalue weighted by atomic mass is 9.96. The number of fused-ring (bicyclic) bond motifs is 1. The highest BCUT2D eigenvalue weighted by atomic mass is 15.0. The zero-order valence-corrected chi connectivity index (χ0v) is 6.76. The average molecular weight is 157 g/mol. The third kappa shape index (κ3) is 0.880. The second-order valence-electron chi connectivity index (χ2n) is 2.58. The highest BCUT2D eigenvalue weighted by Crippen LogP contribution is 2.15. The van der Waals surface area contributed by atoms with Crippen molar-refractivity contribution in [2.75, 3.05) is 12.4 Å². The minimum absolute atomic E-state index is 0.724. The Hall–Kier alpha value is -1.45. The van der Waals surface area contributed by atoms with Gasteiger partial charge < -0.3 is 10.3 Å². The van der Waals surface area contributed by atoms with Crippen molar-refractivity contribution in [1.29, 1.82) is 0 Å². The first-order valence-electron chi connectivity index (χ1n) is 3.72. The molecule has 0 aliphatic rings. The second-order valence-corrected chi connectivity index (χ2v) is 2.58. The van der Waals surface area contributed by atoms with Crippen LogP contribution in [0.15, 0.2) is 18.5 Å². The van der Waals surface area contributed by atoms with Gasteiger partial charge in [0.25, 0.3) is 0 Å². The molecule has 0 aliphatic carbocycles. The lowest BCUT2D eigenvalue weighted by molar-refractivity contribution is 1.31. The molecule has 0 bridgehead atoms. The SMILES string of the molecule is [B]c1c[nH]c2ccnc(NC)c12. The number of hydrogen-bond donors (Lipinski definition) is 2. The Morgan fingerprint density at radius 1 is 1.58 bits per heavy atom. The molecule has 2 N–H and O–H groups in total. The molecular weight excluding hydrogens is 149 g/mol. The van der Waals surface area contributed by atoms with Crippen LogP contribution < -0.4 is 10.8 Å². The van der Waals surface area contributed by atoms with Crippen LogP contribution in [0.2, 0.25) is 0 Å². The average Bonchev–Trinajstić information content (AvgIpc) is 2.48. The fourth-order valence-electron chi connectivity index (χ4n) is 1.29. The Morgan fingerprint density at radius 3 is 3.17 bits per heavy atom. The maximum absolute atomic E-state index is 5.74. The van der Waals surface area contributed by atoms with Crippen LogP contribution in [-0.2, 0) is 0 Å². The standard InChI is InChI=1S/C8H8BN3/c1-10-8-7-5(9)4-12-6(7)2-3-11-8/h2-4,12H,1H3,(H,10,11). The molecule has 2 radical (unpaired) electrons. The van der Waals surface area contributed by atoms with E-state index in [0.29, 0.717) is 0 Å². The summed E-state index contributed by atoms with van der Waals surface area (Å²) in [5, 5.41) is 3.94. The maximum atomic E-state index is 5.74. The van der Waals surface area contributed by atoms with Crippen LogP contribution in [0.5, 0.6) is 0 Å². The van der Waals surface area contributed by atoms with Crippen LogP contribution in [-0.4, -0.2) is 24.9 Å². The molecule has 2 aromatic heterocycles. The number of hydrogen-bond acceptors (Lipinski definition) is 2. The predicted molar refractivity (Wildman–Crippen MR) is 51.0 cm³/mol. The molecule has 12 heavy (non-hydrogen) atoms. The minimum atomic E-state index is 0.724. The summed E-state index contributed by atoms with van der Waals surface area (Å²) in [5.41, 5.74) is 1.73. The van der Waals surface area contributed by atoms with E-state index >= 15 is 0 Å². The van der Waals surface area contributed by atoms with Gasteiger partial charge in [0.05, 0.1) is 0 Å². The van der Waals surface area contributed by atoms with E-state index in [9.17, 15) is 0 Å². The minimum Gasteiger partial charge on any atom is -0.373 e. The van der Waals surface area contributed by atoms with E-state index in [0.717, 1.165) is 22.2 Å². The van der Waals surface area contributed by atoms with Crippen LogP contribution in [0.4, 0.5) is 5.82 Å². The number of rotatable bonds is 1. The number of nitrogens with one attached hydrogen (secondary N) is 2. The first kappa shape index (κ1) is 7.22. The highest BCUT2D eigenvalue weighted by molar-refractivity contribution is 6.40. The normalized spacial score (nSPS) is 10.4. The number of pyridine rings is 1. The van der Waals surface area contributed by atoms with Gasteiger partial charge in [-0.2, -0.15) is 0 Å². The quantitative estimate of drug-likeness (QED) is 0.588. The molecule has 2 heterocycles. The fourth-order valence-corrected chi connectivity index (χ4v) is 1.29. The molecule has 0 atom stereocenters. The molecule has 0 spiro atoms. The van der Waals surface area contributed by atoms with E-state index in [1.165, 1.54) is 0 Å². The smallest absolute Gasteiger partial charge is 0.134 e. The second kappa shape index (κ2) is 2.55. The Morgan fingerprint density at radius 2 is 2.42 bits per heavy atom. The van der Waals surface area contributed by atoms with Crippen molar-refractivity contribution < 1.29 is 0 Å². The van der Waals surface area contributed by atoms with Crippen molar-refractivity contribution in [3.63, 3.8) is 0 Å². The maximum Gasteiger partial charge on any atom is 0.134 e. The van der Waals surface area contributed by atoms with Crippen molar-refractivity contribution in [2.24, 2.45) is 0 Å². The van der Waals surface area contributed by atoms with Gasteiger partial charge >= 0.3 is 0 Å². The largest absolute Gasteiger partial charge is 0.373 e. The number of aromatic amines is 1. The van der Waals surface area contributed by atoms with Crippen LogP contribution in [0.25, 0.3) is 10.9 Å². The summed E-state index contributed by atoms with van der Waals surface area (Å²) in [5.74, 6) is 0.811. The summed E-state index contributed by atoms with van der Waals surface area (Å²) in [4.78, 5) is 7.20. The number of anilines is 1. The zero-order valence-electron chi connectivity index (χ0n) is 6.76. The first-order valence-corrected chi connectivity index (χ1v) is 3.72. The van der Waals surface area contributed by atoms with Crippen molar-refractivity contribution in [3.8, 4) is 0 Å². The molecule has 0 fully saturated rings. The molecule has 58 valence electrons. The summed E-state index contributed by atoms with van der Waals surface area (Å²) in [6, 6.07) is 1.90. The Kier molecular flexibility index (Phi) is 1.53. The molecule has 0 amide bonds. The summed E-state index contributed by atoms with van der Waals surface area (Å²) in [6.45, 7) is 0. The lowest BCUT2D eigenvalue weighted by Crippen LogP contribution is -2.02. The molecule has 0 unspecified atom stereocenters. The topological polar surface area (TPSA) is 40.7 Å². The third-order valence-electron chi connectivity index (χ3n) is 1.86. The number of aromatic nitrogens is 2. The van der Waals surface area contributed by atoms with Gasteiger partial charge in [0.1, 0.15) is 13.7 Å². The van der Waals surface area contributed by atoms with Gasteiger partial charge in [0, 0.05) is 24.1 Å². The molecule has 0 aromatic carbocycles. The lowest BCUT2D eigenvalue weighted by Gasteiger charge is -2.00. The summed E-state index contributed by atoms with van der Waals surface area (Å²) < 4.78 is 0. The first-order chi connectivity index (χ1) is 5.83. The molecule has 0 saturated heterocycles. The third-order valence-corrected chi connectivity index (χ3v) is 1.86. The molecule has 4 heteroatoms. The molecule has 3 nitrogen and oxygen atoms in total. The highest BCUT2D eigenvalue weighted by Gasteiger charge is 2.03. The van der Waals surface area contributed by atoms with E-state index < -0.39 is 0 Å². The van der Waals surface area contributed by atoms with Gasteiger partial charge in [-0.25, -0.2) is 4.98 Å². The number of H-pyrrole nitrogens is 1. The zero-order chi connectivity index (χ0) is 8.55. The summed E-state index contributed by atoms with van der Waals surface area (Å²) in [7, 11) is 7.57. The molecular formula is C8H8BN3. The van der Waals surface area contributed by atoms with E-state index in [-0.39, 0.29) is 0 Å². The van der Waals surface area contributed by atoms with Crippen molar-refractivity contribution >= 4 is 30.0 Å². The van der Waals surface area contributed by atoms with Gasteiger partial charge in [-0.05, 0) is 12.3 Å². The van der Waals surface area contributed by atoms with E-state index in [1.807, 2.05) is 13.1 Å². The van der Waals surface area contributed by atoms with Gasteiger partial charge in [-0.15, -0.1) is 0 Å². The Balaban J connectivity index is 2.84. The van der Waals surface area contributed by atoms with Gasteiger partial charge in [-0.1, -0.05) is 5.46 Å². The van der Waals surface area contributed by atoms with E-state index in [1.54, 1.807) is 12.4 Å².